The first kappa shape index (κ1) is 19.5. The molecule has 0 bridgehead atoms. The maximum absolute atomic E-state index is 12.4. The number of benzene rings is 1. The van der Waals surface area contributed by atoms with Gasteiger partial charge < -0.3 is 10.6 Å². The molecule has 0 atom stereocenters. The van der Waals surface area contributed by atoms with Gasteiger partial charge in [0.05, 0.1) is 4.90 Å². The van der Waals surface area contributed by atoms with Crippen LogP contribution in [0.15, 0.2) is 78.2 Å². The number of carbonyl (C=O) groups is 1. The van der Waals surface area contributed by atoms with E-state index < -0.39 is 10.0 Å². The molecule has 2 heterocycles. The van der Waals surface area contributed by atoms with Crippen molar-refractivity contribution in [3.05, 3.63) is 84.4 Å². The first-order valence-electron chi connectivity index (χ1n) is 8.45. The molecular formula is C19H19N5O3S. The van der Waals surface area contributed by atoms with Gasteiger partial charge in [-0.25, -0.2) is 17.9 Å². The fourth-order valence-corrected chi connectivity index (χ4v) is 3.36. The second kappa shape index (κ2) is 9.07. The molecule has 0 aliphatic carbocycles. The van der Waals surface area contributed by atoms with Crippen molar-refractivity contribution in [2.24, 2.45) is 0 Å². The lowest BCUT2D eigenvalue weighted by molar-refractivity contribution is 0.251. The third-order valence-electron chi connectivity index (χ3n) is 3.84. The minimum Gasteiger partial charge on any atom is -0.334 e. The quantitative estimate of drug-likeness (QED) is 0.566. The lowest BCUT2D eigenvalue weighted by Crippen LogP contribution is -2.28. The van der Waals surface area contributed by atoms with E-state index in [0.29, 0.717) is 12.2 Å². The van der Waals surface area contributed by atoms with Gasteiger partial charge in [0.1, 0.15) is 0 Å². The molecule has 3 rings (SSSR count). The summed E-state index contributed by atoms with van der Waals surface area (Å²) in [6.45, 7) is 0.530. The van der Waals surface area contributed by atoms with E-state index in [1.165, 1.54) is 24.3 Å². The molecule has 0 radical (unpaired) electrons. The van der Waals surface area contributed by atoms with Crippen LogP contribution in [0.2, 0.25) is 0 Å². The van der Waals surface area contributed by atoms with E-state index in [2.05, 4.69) is 25.3 Å². The number of sulfonamides is 1. The van der Waals surface area contributed by atoms with Crippen LogP contribution in [0.4, 0.5) is 10.5 Å². The number of hydrogen-bond donors (Lipinski definition) is 3. The van der Waals surface area contributed by atoms with Crippen molar-refractivity contribution in [2.45, 2.75) is 18.0 Å². The smallest absolute Gasteiger partial charge is 0.319 e. The molecule has 8 nitrogen and oxygen atoms in total. The van der Waals surface area contributed by atoms with Crippen LogP contribution in [0.1, 0.15) is 11.1 Å². The Balaban J connectivity index is 1.54. The number of anilines is 1. The molecule has 0 saturated heterocycles. The molecule has 0 fully saturated rings. The highest BCUT2D eigenvalue weighted by atomic mass is 32.2. The highest BCUT2D eigenvalue weighted by Gasteiger charge is 2.13. The van der Waals surface area contributed by atoms with E-state index in [1.807, 2.05) is 0 Å². The Labute approximate surface area is 163 Å². The summed E-state index contributed by atoms with van der Waals surface area (Å²) in [6, 6.07) is 12.6. The van der Waals surface area contributed by atoms with E-state index in [4.69, 9.17) is 0 Å². The lowest BCUT2D eigenvalue weighted by Gasteiger charge is -2.10. The van der Waals surface area contributed by atoms with Crippen LogP contribution >= 0.6 is 0 Å². The zero-order valence-corrected chi connectivity index (χ0v) is 15.7. The average molecular weight is 397 g/mol. The van der Waals surface area contributed by atoms with E-state index in [0.717, 1.165) is 11.1 Å². The second-order valence-corrected chi connectivity index (χ2v) is 7.63. The first-order valence-corrected chi connectivity index (χ1v) is 9.94. The largest absolute Gasteiger partial charge is 0.334 e. The van der Waals surface area contributed by atoms with Crippen molar-refractivity contribution in [1.29, 1.82) is 0 Å². The van der Waals surface area contributed by atoms with Gasteiger partial charge in [-0.15, -0.1) is 0 Å². The highest BCUT2D eigenvalue weighted by molar-refractivity contribution is 7.89. The van der Waals surface area contributed by atoms with Crippen molar-refractivity contribution in [2.75, 3.05) is 5.32 Å². The predicted octanol–water partition coefficient (Wildman–Crippen LogP) is 2.28. The number of carbonyl (C=O) groups excluding carboxylic acids is 1. The number of hydrogen-bond acceptors (Lipinski definition) is 5. The molecule has 0 unspecified atom stereocenters. The summed E-state index contributed by atoms with van der Waals surface area (Å²) < 4.78 is 27.3. The fourth-order valence-electron chi connectivity index (χ4n) is 2.34. The van der Waals surface area contributed by atoms with Crippen LogP contribution in [-0.4, -0.2) is 24.4 Å². The van der Waals surface area contributed by atoms with E-state index >= 15 is 0 Å². The monoisotopic (exact) mass is 397 g/mol. The number of rotatable bonds is 7. The molecule has 0 spiro atoms. The van der Waals surface area contributed by atoms with E-state index in [-0.39, 0.29) is 17.5 Å². The van der Waals surface area contributed by atoms with Gasteiger partial charge in [0, 0.05) is 43.6 Å². The maximum Gasteiger partial charge on any atom is 0.319 e. The Hall–Kier alpha value is -3.30. The van der Waals surface area contributed by atoms with Crippen LogP contribution in [0.5, 0.6) is 0 Å². The van der Waals surface area contributed by atoms with Gasteiger partial charge in [0.15, 0.2) is 0 Å². The van der Waals surface area contributed by atoms with Crippen LogP contribution in [0.25, 0.3) is 0 Å². The van der Waals surface area contributed by atoms with E-state index in [1.54, 1.807) is 49.1 Å². The molecule has 144 valence electrons. The molecular weight excluding hydrogens is 378 g/mol. The third-order valence-corrected chi connectivity index (χ3v) is 5.26. The number of nitrogens with zero attached hydrogens (tertiary/aromatic N) is 2. The Bertz CT molecular complexity index is 1010. The van der Waals surface area contributed by atoms with Gasteiger partial charge in [0.2, 0.25) is 10.0 Å². The minimum atomic E-state index is -3.65. The van der Waals surface area contributed by atoms with Crippen LogP contribution in [0.3, 0.4) is 0 Å². The molecule has 0 aliphatic heterocycles. The Morgan fingerprint density at radius 3 is 1.89 bits per heavy atom. The third kappa shape index (κ3) is 5.60. The number of nitrogens with one attached hydrogen (secondary N) is 3. The Kier molecular flexibility index (Phi) is 6.30. The summed E-state index contributed by atoms with van der Waals surface area (Å²) in [5.74, 6) is 0. The van der Waals surface area contributed by atoms with Gasteiger partial charge in [-0.1, -0.05) is 0 Å². The highest BCUT2D eigenvalue weighted by Crippen LogP contribution is 2.14. The Morgan fingerprint density at radius 1 is 0.786 bits per heavy atom. The molecule has 9 heteroatoms. The van der Waals surface area contributed by atoms with Gasteiger partial charge in [-0.3, -0.25) is 9.97 Å². The average Bonchev–Trinajstić information content (AvgIpc) is 2.73. The van der Waals surface area contributed by atoms with Crippen LogP contribution < -0.4 is 15.4 Å². The number of aromatic nitrogens is 2. The van der Waals surface area contributed by atoms with Gasteiger partial charge in [-0.2, -0.15) is 0 Å². The first-order chi connectivity index (χ1) is 13.5. The van der Waals surface area contributed by atoms with Crippen LogP contribution in [0, 0.1) is 0 Å². The van der Waals surface area contributed by atoms with Crippen molar-refractivity contribution in [1.82, 2.24) is 20.0 Å². The second-order valence-electron chi connectivity index (χ2n) is 5.87. The minimum absolute atomic E-state index is 0.115. The summed E-state index contributed by atoms with van der Waals surface area (Å²) in [6.07, 6.45) is 6.50. The Morgan fingerprint density at radius 2 is 1.32 bits per heavy atom. The SMILES string of the molecule is O=C(NCc1ccncc1)Nc1ccc(S(=O)(=O)NCc2ccncc2)cc1. The molecule has 0 aliphatic rings. The summed E-state index contributed by atoms with van der Waals surface area (Å²) in [5.41, 5.74) is 2.22. The summed E-state index contributed by atoms with van der Waals surface area (Å²) >= 11 is 0. The van der Waals surface area contributed by atoms with Gasteiger partial charge in [-0.05, 0) is 59.7 Å². The number of pyridine rings is 2. The van der Waals surface area contributed by atoms with Crippen LogP contribution in [-0.2, 0) is 23.1 Å². The number of urea groups is 1. The zero-order chi connectivity index (χ0) is 19.8. The van der Waals surface area contributed by atoms with Crippen molar-refractivity contribution in [3.63, 3.8) is 0 Å². The topological polar surface area (TPSA) is 113 Å². The standard InChI is InChI=1S/C19H19N5O3S/c25-19(22-13-15-5-9-20-10-6-15)24-17-1-3-18(4-2-17)28(26,27)23-14-16-7-11-21-12-8-16/h1-12,23H,13-14H2,(H2,22,24,25). The maximum atomic E-state index is 12.4. The molecule has 3 aromatic rings. The summed E-state index contributed by atoms with van der Waals surface area (Å²) in [4.78, 5) is 19.9. The van der Waals surface area contributed by atoms with Crippen molar-refractivity contribution >= 4 is 21.7 Å². The molecule has 2 aromatic heterocycles. The molecule has 3 N–H and O–H groups in total. The molecule has 0 saturated carbocycles. The van der Waals surface area contributed by atoms with E-state index in [9.17, 15) is 13.2 Å². The van der Waals surface area contributed by atoms with Crippen molar-refractivity contribution in [3.8, 4) is 0 Å². The fraction of sp³-hybridized carbons (Fsp3) is 0.105. The predicted molar refractivity (Wildman–Crippen MR) is 105 cm³/mol. The molecule has 28 heavy (non-hydrogen) atoms. The molecule has 1 aromatic carbocycles. The van der Waals surface area contributed by atoms with Crippen molar-refractivity contribution < 1.29 is 13.2 Å². The lowest BCUT2D eigenvalue weighted by atomic mass is 10.3. The summed E-state index contributed by atoms with van der Waals surface area (Å²) in [5, 5.41) is 5.38. The van der Waals surface area contributed by atoms with Gasteiger partial charge in [0.25, 0.3) is 0 Å². The number of amides is 2. The summed E-state index contributed by atoms with van der Waals surface area (Å²) in [7, 11) is -3.65. The zero-order valence-electron chi connectivity index (χ0n) is 14.9. The molecule has 2 amide bonds. The normalized spacial score (nSPS) is 11.0. The van der Waals surface area contributed by atoms with Gasteiger partial charge >= 0.3 is 6.03 Å².